The molecule has 1 aliphatic carbocycles. The zero-order valence-electron chi connectivity index (χ0n) is 21.6. The van der Waals surface area contributed by atoms with Crippen molar-refractivity contribution in [1.82, 2.24) is 15.2 Å². The fourth-order valence-electron chi connectivity index (χ4n) is 4.69. The maximum Gasteiger partial charge on any atom is 0.419 e. The number of carbonyl (C=O) groups excluding carboxylic acids is 2. The van der Waals surface area contributed by atoms with Crippen molar-refractivity contribution in [1.29, 1.82) is 5.26 Å². The summed E-state index contributed by atoms with van der Waals surface area (Å²) in [6, 6.07) is 14.7. The molecule has 4 rings (SSSR count). The van der Waals surface area contributed by atoms with E-state index in [1.54, 1.807) is 33.9 Å². The van der Waals surface area contributed by atoms with Gasteiger partial charge in [0.1, 0.15) is 17.2 Å². The molecule has 0 saturated heterocycles. The summed E-state index contributed by atoms with van der Waals surface area (Å²) >= 11 is 0. The molecule has 194 valence electrons. The Kier molecular flexibility index (Phi) is 7.12. The molecule has 3 aromatic rings. The van der Waals surface area contributed by atoms with Crippen molar-refractivity contribution in [3.8, 4) is 17.2 Å². The van der Waals surface area contributed by atoms with Gasteiger partial charge < -0.3 is 19.8 Å². The first-order valence-corrected chi connectivity index (χ1v) is 12.4. The Hall–Kier alpha value is -4.06. The van der Waals surface area contributed by atoms with E-state index in [9.17, 15) is 19.6 Å². The number of nitriles is 1. The quantitative estimate of drug-likeness (QED) is 0.518. The number of aryl methyl sites for hydroxylation is 1. The summed E-state index contributed by atoms with van der Waals surface area (Å²) in [5.74, 6) is -0.772. The molecule has 1 heterocycles. The lowest BCUT2D eigenvalue weighted by Gasteiger charge is -2.31. The fourth-order valence-corrected chi connectivity index (χ4v) is 4.69. The molecule has 0 aliphatic heterocycles. The van der Waals surface area contributed by atoms with E-state index in [1.807, 2.05) is 36.4 Å². The molecule has 2 amide bonds. The molecule has 0 radical (unpaired) electrons. The maximum absolute atomic E-state index is 13.2. The second kappa shape index (κ2) is 10.1. The molecular weight excluding hydrogens is 472 g/mol. The third-order valence-electron chi connectivity index (χ3n) is 6.61. The minimum atomic E-state index is -1.08. The van der Waals surface area contributed by atoms with Gasteiger partial charge >= 0.3 is 11.8 Å². The Morgan fingerprint density at radius 2 is 1.78 bits per heavy atom. The van der Waals surface area contributed by atoms with Gasteiger partial charge in [-0.3, -0.25) is 9.36 Å². The van der Waals surface area contributed by atoms with Gasteiger partial charge in [-0.2, -0.15) is 5.26 Å². The number of benzene rings is 2. The molecule has 2 aromatic carbocycles. The smallest absolute Gasteiger partial charge is 0.419 e. The van der Waals surface area contributed by atoms with Crippen LogP contribution >= 0.6 is 0 Å². The number of hydrogen-bond acceptors (Lipinski definition) is 6. The zero-order chi connectivity index (χ0) is 26.8. The van der Waals surface area contributed by atoms with E-state index in [0.717, 1.165) is 29.5 Å². The Bertz CT molecular complexity index is 1400. The van der Waals surface area contributed by atoms with Gasteiger partial charge in [0.05, 0.1) is 11.6 Å². The molecule has 1 aliphatic rings. The van der Waals surface area contributed by atoms with E-state index >= 15 is 0 Å². The van der Waals surface area contributed by atoms with Crippen molar-refractivity contribution in [3.05, 3.63) is 58.6 Å². The van der Waals surface area contributed by atoms with Gasteiger partial charge in [-0.1, -0.05) is 43.2 Å². The third kappa shape index (κ3) is 5.85. The monoisotopic (exact) mass is 504 g/mol. The largest absolute Gasteiger partial charge is 0.444 e. The van der Waals surface area contributed by atoms with Crippen molar-refractivity contribution in [2.45, 2.75) is 70.1 Å². The van der Waals surface area contributed by atoms with E-state index < -0.39 is 29.0 Å². The van der Waals surface area contributed by atoms with Crippen molar-refractivity contribution in [2.75, 3.05) is 0 Å². The summed E-state index contributed by atoms with van der Waals surface area (Å²) in [4.78, 5) is 37.4. The van der Waals surface area contributed by atoms with Crippen LogP contribution in [0.3, 0.4) is 0 Å². The molecule has 1 atom stereocenters. The molecule has 1 unspecified atom stereocenters. The summed E-state index contributed by atoms with van der Waals surface area (Å²) in [5.41, 5.74) is 2.24. The van der Waals surface area contributed by atoms with Crippen LogP contribution in [0.25, 0.3) is 22.2 Å². The number of aromatic nitrogens is 1. The highest BCUT2D eigenvalue weighted by Crippen LogP contribution is 2.31. The first-order chi connectivity index (χ1) is 17.5. The molecule has 2 N–H and O–H groups in total. The average molecular weight is 505 g/mol. The van der Waals surface area contributed by atoms with Crippen LogP contribution in [0.4, 0.5) is 4.79 Å². The predicted octanol–water partition coefficient (Wildman–Crippen LogP) is 4.19. The SMILES string of the molecule is Cn1c(=O)oc2ccc(-c3ccc(CC(C#N)NC(=O)C4(NC(=O)OC(C)(C)C)CCCC4)cc3)cc21. The van der Waals surface area contributed by atoms with E-state index in [-0.39, 0.29) is 5.91 Å². The van der Waals surface area contributed by atoms with Crippen molar-refractivity contribution < 1.29 is 18.7 Å². The molecule has 9 heteroatoms. The van der Waals surface area contributed by atoms with Crippen LogP contribution in [0.5, 0.6) is 0 Å². The Balaban J connectivity index is 1.44. The maximum atomic E-state index is 13.2. The average Bonchev–Trinajstić information content (AvgIpc) is 3.42. The molecule has 9 nitrogen and oxygen atoms in total. The molecule has 1 aromatic heterocycles. The summed E-state index contributed by atoms with van der Waals surface area (Å²) in [5, 5.41) is 15.3. The number of amides is 2. The minimum Gasteiger partial charge on any atom is -0.444 e. The van der Waals surface area contributed by atoms with Gasteiger partial charge in [-0.05, 0) is 62.4 Å². The molecular formula is C28H32N4O5. The number of alkyl carbamates (subject to hydrolysis) is 1. The first kappa shape index (κ1) is 26.0. The van der Waals surface area contributed by atoms with Gasteiger partial charge in [0.25, 0.3) is 0 Å². The second-order valence-electron chi connectivity index (χ2n) is 10.6. The molecule has 1 fully saturated rings. The lowest BCUT2D eigenvalue weighted by molar-refractivity contribution is -0.128. The summed E-state index contributed by atoms with van der Waals surface area (Å²) in [6.07, 6.45) is 2.29. The topological polar surface area (TPSA) is 126 Å². The summed E-state index contributed by atoms with van der Waals surface area (Å²) in [7, 11) is 1.66. The van der Waals surface area contributed by atoms with E-state index in [2.05, 4.69) is 16.7 Å². The molecule has 1 saturated carbocycles. The van der Waals surface area contributed by atoms with Gasteiger partial charge in [0.15, 0.2) is 5.58 Å². The highest BCUT2D eigenvalue weighted by atomic mass is 16.6. The number of hydrogen-bond donors (Lipinski definition) is 2. The number of nitrogens with one attached hydrogen (secondary N) is 2. The van der Waals surface area contributed by atoms with E-state index in [0.29, 0.717) is 30.4 Å². The molecule has 0 bridgehead atoms. The van der Waals surface area contributed by atoms with Crippen LogP contribution < -0.4 is 16.4 Å². The lowest BCUT2D eigenvalue weighted by Crippen LogP contribution is -2.59. The van der Waals surface area contributed by atoms with Crippen LogP contribution in [-0.2, 0) is 23.0 Å². The van der Waals surface area contributed by atoms with Crippen LogP contribution in [0.2, 0.25) is 0 Å². The number of oxazole rings is 1. The summed E-state index contributed by atoms with van der Waals surface area (Å²) < 4.78 is 12.0. The Labute approximate surface area is 215 Å². The minimum absolute atomic E-state index is 0.320. The third-order valence-corrected chi connectivity index (χ3v) is 6.61. The van der Waals surface area contributed by atoms with Crippen molar-refractivity contribution in [2.24, 2.45) is 7.05 Å². The zero-order valence-corrected chi connectivity index (χ0v) is 21.6. The Morgan fingerprint density at radius 1 is 1.14 bits per heavy atom. The van der Waals surface area contributed by atoms with Gasteiger partial charge in [-0.15, -0.1) is 0 Å². The highest BCUT2D eigenvalue weighted by Gasteiger charge is 2.44. The van der Waals surface area contributed by atoms with E-state index in [4.69, 9.17) is 9.15 Å². The normalized spacial score (nSPS) is 15.6. The standard InChI is InChI=1S/C28H32N4O5/c1-27(2,3)37-25(34)31-28(13-5-6-14-28)24(33)30-21(17-29)15-18-7-9-19(10-8-18)20-11-12-23-22(16-20)32(4)26(35)36-23/h7-12,16,21H,5-6,13-15H2,1-4H3,(H,30,33)(H,31,34). The number of ether oxygens (including phenoxy) is 1. The fraction of sp³-hybridized carbons (Fsp3) is 0.429. The first-order valence-electron chi connectivity index (χ1n) is 12.4. The lowest BCUT2D eigenvalue weighted by atomic mass is 9.95. The van der Waals surface area contributed by atoms with Crippen molar-refractivity contribution in [3.63, 3.8) is 0 Å². The van der Waals surface area contributed by atoms with Gasteiger partial charge in [0.2, 0.25) is 5.91 Å². The van der Waals surface area contributed by atoms with Crippen molar-refractivity contribution >= 4 is 23.1 Å². The Morgan fingerprint density at radius 3 is 2.41 bits per heavy atom. The molecule has 0 spiro atoms. The molecule has 37 heavy (non-hydrogen) atoms. The van der Waals surface area contributed by atoms with Gasteiger partial charge in [0, 0.05) is 13.5 Å². The number of carbonyl (C=O) groups is 2. The van der Waals surface area contributed by atoms with E-state index in [1.165, 1.54) is 4.57 Å². The van der Waals surface area contributed by atoms with Crippen LogP contribution in [0, 0.1) is 11.3 Å². The number of nitrogens with zero attached hydrogens (tertiary/aromatic N) is 2. The van der Waals surface area contributed by atoms with Crippen LogP contribution in [0.15, 0.2) is 51.7 Å². The second-order valence-corrected chi connectivity index (χ2v) is 10.6. The number of fused-ring (bicyclic) bond motifs is 1. The summed E-state index contributed by atoms with van der Waals surface area (Å²) in [6.45, 7) is 5.30. The highest BCUT2D eigenvalue weighted by molar-refractivity contribution is 5.90. The number of rotatable bonds is 6. The van der Waals surface area contributed by atoms with Gasteiger partial charge in [-0.25, -0.2) is 9.59 Å². The predicted molar refractivity (Wildman–Crippen MR) is 139 cm³/mol. The van der Waals surface area contributed by atoms with Crippen LogP contribution in [0.1, 0.15) is 52.0 Å². The van der Waals surface area contributed by atoms with Crippen LogP contribution in [-0.4, -0.2) is 33.7 Å².